The molecule has 0 radical (unpaired) electrons. The first-order valence-corrected chi connectivity index (χ1v) is 9.24. The SMILES string of the molecule is C=COC(=S)OCC(COC(=S)OC=C)OCn1cnc2c(NC)nc(Cl)nc21. The second-order valence-electron chi connectivity index (χ2n) is 5.09. The van der Waals surface area contributed by atoms with Crippen LogP contribution in [0.15, 0.2) is 32.0 Å². The van der Waals surface area contributed by atoms with Gasteiger partial charge in [-0.1, -0.05) is 13.2 Å². The molecule has 0 saturated carbocycles. The summed E-state index contributed by atoms with van der Waals surface area (Å²) in [5.74, 6) is 0.501. The third-order valence-corrected chi connectivity index (χ3v) is 3.85. The molecule has 0 unspecified atom stereocenters. The Hall–Kier alpha value is -2.54. The first-order valence-electron chi connectivity index (χ1n) is 8.04. The standard InChI is InChI=1S/C16H18ClN5O5S2/c1-4-23-15(28)25-6-10(7-26-16(29)24-5-2)27-9-22-8-19-11-12(18-3)20-14(17)21-13(11)22/h4-5,8,10H,1-2,6-7,9H2,3H3,(H,18,20,21). The maximum absolute atomic E-state index is 5.97. The van der Waals surface area contributed by atoms with Crippen LogP contribution in [0.5, 0.6) is 0 Å². The minimum atomic E-state index is -0.591. The zero-order chi connectivity index (χ0) is 21.2. The van der Waals surface area contributed by atoms with Crippen LogP contribution in [0.25, 0.3) is 11.2 Å². The topological polar surface area (TPSA) is 102 Å². The molecule has 13 heteroatoms. The van der Waals surface area contributed by atoms with E-state index in [1.165, 1.54) is 0 Å². The van der Waals surface area contributed by atoms with E-state index in [-0.39, 0.29) is 35.7 Å². The second-order valence-corrected chi connectivity index (χ2v) is 6.09. The van der Waals surface area contributed by atoms with Crippen LogP contribution in [0, 0.1) is 0 Å². The van der Waals surface area contributed by atoms with Gasteiger partial charge in [0.25, 0.3) is 0 Å². The fraction of sp³-hybridized carbons (Fsp3) is 0.312. The van der Waals surface area contributed by atoms with E-state index in [1.807, 2.05) is 0 Å². The summed E-state index contributed by atoms with van der Waals surface area (Å²) in [7, 11) is 1.71. The zero-order valence-electron chi connectivity index (χ0n) is 15.4. The molecule has 0 aliphatic rings. The maximum atomic E-state index is 5.97. The van der Waals surface area contributed by atoms with Crippen LogP contribution in [0.4, 0.5) is 5.82 Å². The van der Waals surface area contributed by atoms with Gasteiger partial charge >= 0.3 is 10.5 Å². The number of nitrogens with one attached hydrogen (secondary N) is 1. The molecule has 0 aliphatic carbocycles. The van der Waals surface area contributed by atoms with Gasteiger partial charge in [0, 0.05) is 31.5 Å². The third kappa shape index (κ3) is 6.78. The number of imidazole rings is 1. The highest BCUT2D eigenvalue weighted by Crippen LogP contribution is 2.20. The smallest absolute Gasteiger partial charge is 0.357 e. The van der Waals surface area contributed by atoms with Gasteiger partial charge in [-0.15, -0.1) is 0 Å². The molecule has 2 aromatic heterocycles. The van der Waals surface area contributed by atoms with Gasteiger partial charge in [-0.25, -0.2) is 4.98 Å². The minimum absolute atomic E-state index is 0.0213. The molecule has 29 heavy (non-hydrogen) atoms. The zero-order valence-corrected chi connectivity index (χ0v) is 17.8. The van der Waals surface area contributed by atoms with Crippen LogP contribution < -0.4 is 5.32 Å². The van der Waals surface area contributed by atoms with Crippen LogP contribution in [-0.2, 0) is 30.4 Å². The van der Waals surface area contributed by atoms with Gasteiger partial charge in [-0.3, -0.25) is 4.57 Å². The molecule has 0 saturated heterocycles. The van der Waals surface area contributed by atoms with Gasteiger partial charge in [0.2, 0.25) is 5.28 Å². The Bertz CT molecular complexity index is 868. The van der Waals surface area contributed by atoms with Crippen LogP contribution >= 0.6 is 36.0 Å². The van der Waals surface area contributed by atoms with Gasteiger partial charge in [-0.05, 0) is 11.6 Å². The summed E-state index contributed by atoms with van der Waals surface area (Å²) < 4.78 is 27.8. The second kappa shape index (κ2) is 11.5. The molecule has 0 spiro atoms. The van der Waals surface area contributed by atoms with Gasteiger partial charge in [-0.2, -0.15) is 9.97 Å². The molecule has 0 bridgehead atoms. The number of hydrogen-bond acceptors (Lipinski definition) is 11. The maximum Gasteiger partial charge on any atom is 0.357 e. The number of rotatable bonds is 10. The fourth-order valence-electron chi connectivity index (χ4n) is 2.04. The van der Waals surface area contributed by atoms with E-state index in [1.54, 1.807) is 17.9 Å². The van der Waals surface area contributed by atoms with Crippen LogP contribution in [0.3, 0.4) is 0 Å². The summed E-state index contributed by atoms with van der Waals surface area (Å²) in [5.41, 5.74) is 1.04. The van der Waals surface area contributed by atoms with Crippen molar-refractivity contribution in [1.82, 2.24) is 19.5 Å². The molecule has 0 fully saturated rings. The number of aromatic nitrogens is 4. The van der Waals surface area contributed by atoms with Crippen molar-refractivity contribution in [2.24, 2.45) is 0 Å². The van der Waals surface area contributed by atoms with Crippen molar-refractivity contribution in [3.63, 3.8) is 0 Å². The summed E-state index contributed by atoms with van der Waals surface area (Å²) in [5, 5.41) is 2.77. The highest BCUT2D eigenvalue weighted by molar-refractivity contribution is 7.79. The van der Waals surface area contributed by atoms with E-state index >= 15 is 0 Å². The van der Waals surface area contributed by atoms with Gasteiger partial charge in [0.15, 0.2) is 17.0 Å². The lowest BCUT2D eigenvalue weighted by atomic mass is 10.4. The van der Waals surface area contributed by atoms with E-state index in [0.29, 0.717) is 17.0 Å². The monoisotopic (exact) mass is 459 g/mol. The Balaban J connectivity index is 2.07. The first-order chi connectivity index (χ1) is 14.0. The lowest BCUT2D eigenvalue weighted by molar-refractivity contribution is -0.0490. The Morgan fingerprint density at radius 2 is 1.83 bits per heavy atom. The number of thiocarbonyl (C=S) groups is 2. The predicted molar refractivity (Wildman–Crippen MR) is 114 cm³/mol. The number of nitrogens with zero attached hydrogens (tertiary/aromatic N) is 4. The van der Waals surface area contributed by atoms with E-state index in [2.05, 4.69) is 33.4 Å². The number of anilines is 1. The molecule has 2 aromatic rings. The van der Waals surface area contributed by atoms with Gasteiger partial charge in [0.05, 0.1) is 18.9 Å². The molecule has 156 valence electrons. The number of halogens is 1. The summed E-state index contributed by atoms with van der Waals surface area (Å²) in [6.07, 6.45) is 3.27. The van der Waals surface area contributed by atoms with Crippen molar-refractivity contribution in [3.8, 4) is 0 Å². The highest BCUT2D eigenvalue weighted by Gasteiger charge is 2.17. The average molecular weight is 460 g/mol. The van der Waals surface area contributed by atoms with Crippen molar-refractivity contribution >= 4 is 63.5 Å². The molecule has 2 rings (SSSR count). The van der Waals surface area contributed by atoms with E-state index in [4.69, 9.17) is 59.7 Å². The van der Waals surface area contributed by atoms with Crippen LogP contribution in [0.1, 0.15) is 0 Å². The fourth-order valence-corrected chi connectivity index (χ4v) is 2.48. The minimum Gasteiger partial charge on any atom is -0.454 e. The lowest BCUT2D eigenvalue weighted by Crippen LogP contribution is -2.29. The number of fused-ring (bicyclic) bond motifs is 1. The molecule has 0 amide bonds. The Kier molecular flexibility index (Phi) is 8.99. The lowest BCUT2D eigenvalue weighted by Gasteiger charge is -2.19. The van der Waals surface area contributed by atoms with Crippen LogP contribution in [0.2, 0.25) is 5.28 Å². The quantitative estimate of drug-likeness (QED) is 0.322. The molecule has 1 N–H and O–H groups in total. The molecule has 0 atom stereocenters. The molecular formula is C16H18ClN5O5S2. The van der Waals surface area contributed by atoms with Crippen molar-refractivity contribution in [3.05, 3.63) is 37.3 Å². The van der Waals surface area contributed by atoms with Crippen LogP contribution in [-0.4, -0.2) is 56.4 Å². The molecule has 0 aliphatic heterocycles. The largest absolute Gasteiger partial charge is 0.454 e. The van der Waals surface area contributed by atoms with E-state index in [0.717, 1.165) is 12.5 Å². The average Bonchev–Trinajstić information content (AvgIpc) is 3.10. The van der Waals surface area contributed by atoms with Gasteiger partial charge < -0.3 is 29.0 Å². The summed E-state index contributed by atoms with van der Waals surface area (Å²) in [6, 6.07) is 0. The molecule has 10 nitrogen and oxygen atoms in total. The Labute approximate surface area is 182 Å². The predicted octanol–water partition coefficient (Wildman–Crippen LogP) is 2.79. The van der Waals surface area contributed by atoms with Crippen molar-refractivity contribution in [2.75, 3.05) is 25.6 Å². The van der Waals surface area contributed by atoms with Crippen molar-refractivity contribution in [2.45, 2.75) is 12.8 Å². The highest BCUT2D eigenvalue weighted by atomic mass is 35.5. The third-order valence-electron chi connectivity index (χ3n) is 3.26. The van der Waals surface area contributed by atoms with Crippen molar-refractivity contribution < 1.29 is 23.7 Å². The molecular weight excluding hydrogens is 442 g/mol. The molecule has 0 aromatic carbocycles. The van der Waals surface area contributed by atoms with Gasteiger partial charge in [0.1, 0.15) is 26.0 Å². The van der Waals surface area contributed by atoms with E-state index < -0.39 is 6.10 Å². The van der Waals surface area contributed by atoms with Crippen molar-refractivity contribution in [1.29, 1.82) is 0 Å². The Morgan fingerprint density at radius 1 is 1.21 bits per heavy atom. The first kappa shape index (κ1) is 22.7. The van der Waals surface area contributed by atoms with E-state index in [9.17, 15) is 0 Å². The normalized spacial score (nSPS) is 10.4. The summed E-state index contributed by atoms with van der Waals surface area (Å²) in [6.45, 7) is 6.91. The number of ether oxygens (including phenoxy) is 5. The summed E-state index contributed by atoms with van der Waals surface area (Å²) >= 11 is 15.7. The number of hydrogen-bond donors (Lipinski definition) is 1. The Morgan fingerprint density at radius 3 is 2.38 bits per heavy atom. The summed E-state index contributed by atoms with van der Waals surface area (Å²) in [4.78, 5) is 12.5. The molecule has 2 heterocycles.